The van der Waals surface area contributed by atoms with Gasteiger partial charge in [0.1, 0.15) is 16.3 Å². The normalized spacial score (nSPS) is 17.9. The van der Waals surface area contributed by atoms with E-state index in [0.29, 0.717) is 66.9 Å². The van der Waals surface area contributed by atoms with Crippen molar-refractivity contribution in [1.82, 2.24) is 15.3 Å². The maximum absolute atomic E-state index is 13.5. The minimum Gasteiger partial charge on any atom is -0.410 e. The molecule has 41 heavy (non-hydrogen) atoms. The Labute approximate surface area is 239 Å². The van der Waals surface area contributed by atoms with Crippen molar-refractivity contribution in [2.75, 3.05) is 42.3 Å². The van der Waals surface area contributed by atoms with Crippen LogP contribution in [0.1, 0.15) is 32.4 Å². The van der Waals surface area contributed by atoms with E-state index >= 15 is 0 Å². The molecule has 3 aromatic rings. The molecule has 2 aromatic carbocycles. The quantitative estimate of drug-likeness (QED) is 0.390. The smallest absolute Gasteiger partial charge is 0.410 e. The molecule has 2 aliphatic rings. The Bertz CT molecular complexity index is 1510. The molecule has 2 amide bonds. The van der Waals surface area contributed by atoms with Gasteiger partial charge in [0.15, 0.2) is 15.7 Å². The molecule has 0 bridgehead atoms. The summed E-state index contributed by atoms with van der Waals surface area (Å²) in [5, 5.41) is 5.28. The zero-order valence-electron chi connectivity index (χ0n) is 23.0. The molecule has 2 heterocycles. The molecule has 1 saturated carbocycles. The zero-order valence-corrected chi connectivity index (χ0v) is 23.8. The Kier molecular flexibility index (Phi) is 8.22. The predicted molar refractivity (Wildman–Crippen MR) is 155 cm³/mol. The van der Waals surface area contributed by atoms with Gasteiger partial charge in [-0.1, -0.05) is 18.2 Å². The molecule has 2 fully saturated rings. The van der Waals surface area contributed by atoms with E-state index in [1.54, 1.807) is 54.6 Å². The summed E-state index contributed by atoms with van der Waals surface area (Å²) in [6.07, 6.45) is 0.290. The van der Waals surface area contributed by atoms with Crippen molar-refractivity contribution in [3.8, 4) is 17.1 Å². The summed E-state index contributed by atoms with van der Waals surface area (Å²) in [4.78, 5) is 35.3. The lowest BCUT2D eigenvalue weighted by molar-refractivity contribution is -0.118. The molecule has 0 spiro atoms. The van der Waals surface area contributed by atoms with Gasteiger partial charge in [-0.05, 0) is 56.2 Å². The number of benzene rings is 2. The Hall–Kier alpha value is -4.03. The van der Waals surface area contributed by atoms with E-state index in [9.17, 15) is 18.0 Å². The number of nitrogens with zero attached hydrogens (tertiary/aromatic N) is 3. The highest BCUT2D eigenvalue weighted by molar-refractivity contribution is 7.92. The van der Waals surface area contributed by atoms with Gasteiger partial charge in [0, 0.05) is 37.3 Å². The fourth-order valence-electron chi connectivity index (χ4n) is 4.85. The fraction of sp³-hybridized carbons (Fsp3) is 0.379. The molecule has 5 rings (SSSR count). The highest BCUT2D eigenvalue weighted by atomic mass is 32.2. The van der Waals surface area contributed by atoms with E-state index in [4.69, 9.17) is 19.4 Å². The van der Waals surface area contributed by atoms with Gasteiger partial charge in [-0.2, -0.15) is 0 Å². The number of hydrogen-bond acceptors (Lipinski definition) is 9. The highest BCUT2D eigenvalue weighted by Crippen LogP contribution is 2.53. The Morgan fingerprint density at radius 1 is 1.10 bits per heavy atom. The van der Waals surface area contributed by atoms with Crippen LogP contribution in [0.3, 0.4) is 0 Å². The lowest BCUT2D eigenvalue weighted by Gasteiger charge is -2.34. The first-order chi connectivity index (χ1) is 19.7. The fourth-order valence-corrected chi connectivity index (χ4v) is 6.76. The number of ether oxygens (including phenoxy) is 2. The second-order valence-corrected chi connectivity index (χ2v) is 12.7. The van der Waals surface area contributed by atoms with Gasteiger partial charge in [0.05, 0.1) is 30.7 Å². The van der Waals surface area contributed by atoms with Crippen LogP contribution in [0.15, 0.2) is 60.7 Å². The number of aromatic nitrogens is 2. The summed E-state index contributed by atoms with van der Waals surface area (Å²) in [7, 11) is -3.61. The van der Waals surface area contributed by atoms with E-state index in [2.05, 4.69) is 15.5 Å². The third-order valence-corrected chi connectivity index (χ3v) is 9.78. The SMILES string of the molecule is CC(=O)NCCS(=O)(=O)C1(c2cc(N3CCOC[C@@H]3C)nc(-c3ccc(NC(=O)Oc4ccccc4)cc3)n2)CC1. The minimum atomic E-state index is -3.61. The van der Waals surface area contributed by atoms with Gasteiger partial charge in [-0.3, -0.25) is 10.1 Å². The number of hydrogen-bond donors (Lipinski definition) is 2. The lowest BCUT2D eigenvalue weighted by atomic mass is 10.1. The molecule has 12 heteroatoms. The van der Waals surface area contributed by atoms with Crippen molar-refractivity contribution in [1.29, 1.82) is 0 Å². The van der Waals surface area contributed by atoms with Gasteiger partial charge >= 0.3 is 6.09 Å². The van der Waals surface area contributed by atoms with Crippen LogP contribution < -0.4 is 20.3 Å². The van der Waals surface area contributed by atoms with Crippen LogP contribution in [0.5, 0.6) is 5.75 Å². The minimum absolute atomic E-state index is 0.0475. The molecule has 0 radical (unpaired) electrons. The molecule has 1 aliphatic carbocycles. The number of carbonyl (C=O) groups excluding carboxylic acids is 2. The predicted octanol–water partition coefficient (Wildman–Crippen LogP) is 3.52. The van der Waals surface area contributed by atoms with E-state index in [0.717, 1.165) is 0 Å². The topological polar surface area (TPSA) is 140 Å². The number of sulfone groups is 1. The van der Waals surface area contributed by atoms with Crippen molar-refractivity contribution in [3.63, 3.8) is 0 Å². The van der Waals surface area contributed by atoms with Crippen molar-refractivity contribution in [2.24, 2.45) is 0 Å². The summed E-state index contributed by atoms with van der Waals surface area (Å²) in [5.74, 6) is 1.01. The zero-order chi connectivity index (χ0) is 29.0. The second kappa shape index (κ2) is 11.8. The van der Waals surface area contributed by atoms with E-state index in [1.165, 1.54) is 6.92 Å². The van der Waals surface area contributed by atoms with Crippen molar-refractivity contribution >= 4 is 33.3 Å². The summed E-state index contributed by atoms with van der Waals surface area (Å²) in [5.41, 5.74) is 1.64. The number of carbonyl (C=O) groups is 2. The van der Waals surface area contributed by atoms with Crippen molar-refractivity contribution in [3.05, 3.63) is 66.4 Å². The molecule has 1 aliphatic heterocycles. The Morgan fingerprint density at radius 2 is 1.83 bits per heavy atom. The lowest BCUT2D eigenvalue weighted by Crippen LogP contribution is -2.44. The van der Waals surface area contributed by atoms with Crippen LogP contribution in [0.2, 0.25) is 0 Å². The molecule has 1 atom stereocenters. The van der Waals surface area contributed by atoms with Crippen molar-refractivity contribution in [2.45, 2.75) is 37.5 Å². The molecule has 2 N–H and O–H groups in total. The number of morpholine rings is 1. The molecular weight excluding hydrogens is 546 g/mol. The Morgan fingerprint density at radius 3 is 2.49 bits per heavy atom. The molecule has 11 nitrogen and oxygen atoms in total. The molecule has 1 saturated heterocycles. The number of amides is 2. The Balaban J connectivity index is 1.43. The molecular formula is C29H33N5O6S. The standard InChI is InChI=1S/C29H33N5O6S/c1-20-19-39-16-15-34(20)26-18-25(29(12-13-29)41(37,38)17-14-30-21(2)35)32-27(33-26)22-8-10-23(11-9-22)31-28(36)40-24-6-4-3-5-7-24/h3-11,18,20H,12-17,19H2,1-2H3,(H,30,35)(H,31,36)/t20-/m0/s1. The third-order valence-electron chi connectivity index (χ3n) is 7.23. The van der Waals surface area contributed by atoms with Gasteiger partial charge in [0.2, 0.25) is 5.91 Å². The molecule has 1 aromatic heterocycles. The summed E-state index contributed by atoms with van der Waals surface area (Å²) < 4.78 is 36.7. The maximum atomic E-state index is 13.5. The second-order valence-electron chi connectivity index (χ2n) is 10.3. The first-order valence-electron chi connectivity index (χ1n) is 13.5. The average Bonchev–Trinajstić information content (AvgIpc) is 3.77. The first kappa shape index (κ1) is 28.5. The van der Waals surface area contributed by atoms with Crippen LogP contribution in [-0.2, 0) is 24.1 Å². The van der Waals surface area contributed by atoms with Gasteiger partial charge in [-0.15, -0.1) is 0 Å². The number of rotatable bonds is 9. The summed E-state index contributed by atoms with van der Waals surface area (Å²) in [6.45, 7) is 5.14. The molecule has 0 unspecified atom stereocenters. The largest absolute Gasteiger partial charge is 0.417 e. The van der Waals surface area contributed by atoms with Crippen LogP contribution in [0.25, 0.3) is 11.4 Å². The van der Waals surface area contributed by atoms with E-state index < -0.39 is 20.7 Å². The average molecular weight is 580 g/mol. The highest BCUT2D eigenvalue weighted by Gasteiger charge is 2.57. The van der Waals surface area contributed by atoms with Gasteiger partial charge in [-0.25, -0.2) is 23.2 Å². The number of nitrogens with one attached hydrogen (secondary N) is 2. The summed E-state index contributed by atoms with van der Waals surface area (Å²) in [6, 6.07) is 17.6. The van der Waals surface area contributed by atoms with Crippen LogP contribution in [0.4, 0.5) is 16.3 Å². The van der Waals surface area contributed by atoms with Gasteiger partial charge < -0.3 is 19.7 Å². The monoisotopic (exact) mass is 579 g/mol. The molecule has 216 valence electrons. The van der Waals surface area contributed by atoms with Gasteiger partial charge in [0.25, 0.3) is 0 Å². The summed E-state index contributed by atoms with van der Waals surface area (Å²) >= 11 is 0. The first-order valence-corrected chi connectivity index (χ1v) is 15.2. The van der Waals surface area contributed by atoms with Crippen LogP contribution in [0, 0.1) is 0 Å². The van der Waals surface area contributed by atoms with E-state index in [1.807, 2.05) is 13.0 Å². The maximum Gasteiger partial charge on any atom is 0.417 e. The van der Waals surface area contributed by atoms with E-state index in [-0.39, 0.29) is 24.2 Å². The van der Waals surface area contributed by atoms with Crippen LogP contribution >= 0.6 is 0 Å². The number of anilines is 2. The van der Waals surface area contributed by atoms with Crippen molar-refractivity contribution < 1.29 is 27.5 Å². The van der Waals surface area contributed by atoms with Crippen LogP contribution in [-0.4, -0.2) is 68.5 Å². The number of para-hydroxylation sites is 1. The third kappa shape index (κ3) is 6.49.